The number of methoxy groups -OCH3 is 1. The Morgan fingerprint density at radius 1 is 1.20 bits per heavy atom. The van der Waals surface area contributed by atoms with Crippen LogP contribution in [0.3, 0.4) is 0 Å². The lowest BCUT2D eigenvalue weighted by molar-refractivity contribution is -0.170. The van der Waals surface area contributed by atoms with Crippen LogP contribution in [0.25, 0.3) is 0 Å². The molecule has 1 aromatic rings. The molecule has 0 saturated heterocycles. The molecule has 0 saturated carbocycles. The maximum Gasteiger partial charge on any atom is 0.411 e. The minimum Gasteiger partial charge on any atom is -0.490 e. The van der Waals surface area contributed by atoms with E-state index in [-0.39, 0.29) is 12.2 Å². The monoisotopic (exact) mass is 292 g/mol. The summed E-state index contributed by atoms with van der Waals surface area (Å²) in [6.45, 7) is -1.52. The molecule has 0 unspecified atom stereocenters. The molecule has 20 heavy (non-hydrogen) atoms. The van der Waals surface area contributed by atoms with Gasteiger partial charge in [-0.05, 0) is 12.1 Å². The Morgan fingerprint density at radius 3 is 2.55 bits per heavy atom. The molecule has 0 amide bonds. The number of ether oxygens (including phenoxy) is 3. The molecule has 112 valence electrons. The van der Waals surface area contributed by atoms with Gasteiger partial charge in [0.25, 0.3) is 0 Å². The Bertz CT molecular complexity index is 432. The number of carbonyl (C=O) groups is 1. The quantitative estimate of drug-likeness (QED) is 0.545. The third-order valence-corrected chi connectivity index (χ3v) is 2.23. The number of hydrogen-bond donors (Lipinski definition) is 0. The lowest BCUT2D eigenvalue weighted by Gasteiger charge is -2.11. The van der Waals surface area contributed by atoms with Crippen molar-refractivity contribution >= 4 is 5.78 Å². The number of ketones is 1. The highest BCUT2D eigenvalue weighted by Crippen LogP contribution is 2.19. The van der Waals surface area contributed by atoms with E-state index >= 15 is 0 Å². The SMILES string of the molecule is COCCOc1ccccc1C(=O)COCC(F)(F)F. The highest BCUT2D eigenvalue weighted by molar-refractivity contribution is 5.99. The summed E-state index contributed by atoms with van der Waals surface area (Å²) < 4.78 is 50.2. The van der Waals surface area contributed by atoms with Crippen LogP contribution in [0.4, 0.5) is 13.2 Å². The second-order valence-electron chi connectivity index (χ2n) is 3.87. The van der Waals surface area contributed by atoms with E-state index in [0.717, 1.165) is 0 Å². The first-order chi connectivity index (χ1) is 9.44. The van der Waals surface area contributed by atoms with Gasteiger partial charge in [0.1, 0.15) is 25.6 Å². The fraction of sp³-hybridized carbons (Fsp3) is 0.462. The van der Waals surface area contributed by atoms with Crippen molar-refractivity contribution in [2.45, 2.75) is 6.18 Å². The molecule has 1 rings (SSSR count). The van der Waals surface area contributed by atoms with Crippen molar-refractivity contribution in [3.05, 3.63) is 29.8 Å². The molecule has 1 aromatic carbocycles. The van der Waals surface area contributed by atoms with Crippen molar-refractivity contribution < 1.29 is 32.2 Å². The molecule has 0 atom stereocenters. The topological polar surface area (TPSA) is 44.8 Å². The molecule has 0 radical (unpaired) electrons. The Kier molecular flexibility index (Phi) is 6.47. The Labute approximate surface area is 114 Å². The number of para-hydroxylation sites is 1. The van der Waals surface area contributed by atoms with Gasteiger partial charge in [-0.25, -0.2) is 0 Å². The van der Waals surface area contributed by atoms with Crippen LogP contribution in [0.2, 0.25) is 0 Å². The van der Waals surface area contributed by atoms with Crippen LogP contribution in [-0.4, -0.2) is 45.5 Å². The van der Waals surface area contributed by atoms with Crippen LogP contribution in [0.5, 0.6) is 5.75 Å². The van der Waals surface area contributed by atoms with Crippen LogP contribution in [-0.2, 0) is 9.47 Å². The first-order valence-electron chi connectivity index (χ1n) is 5.82. The van der Waals surface area contributed by atoms with Gasteiger partial charge in [0, 0.05) is 7.11 Å². The second kappa shape index (κ2) is 7.86. The number of hydrogen-bond acceptors (Lipinski definition) is 4. The standard InChI is InChI=1S/C13H15F3O4/c1-18-6-7-20-12-5-3-2-4-10(12)11(17)8-19-9-13(14,15)16/h2-5H,6-9H2,1H3. The lowest BCUT2D eigenvalue weighted by Crippen LogP contribution is -2.20. The van der Waals surface area contributed by atoms with Crippen molar-refractivity contribution in [1.29, 1.82) is 0 Å². The normalized spacial score (nSPS) is 11.4. The summed E-state index contributed by atoms with van der Waals surface area (Å²) in [4.78, 5) is 11.8. The van der Waals surface area contributed by atoms with Crippen LogP contribution in [0.15, 0.2) is 24.3 Å². The van der Waals surface area contributed by atoms with Gasteiger partial charge in [-0.2, -0.15) is 13.2 Å². The van der Waals surface area contributed by atoms with E-state index in [0.29, 0.717) is 12.4 Å². The molecule has 0 aliphatic carbocycles. The van der Waals surface area contributed by atoms with Crippen molar-refractivity contribution in [2.24, 2.45) is 0 Å². The van der Waals surface area contributed by atoms with Gasteiger partial charge in [0.05, 0.1) is 12.2 Å². The largest absolute Gasteiger partial charge is 0.490 e. The number of rotatable bonds is 8. The van der Waals surface area contributed by atoms with Gasteiger partial charge < -0.3 is 14.2 Å². The molecular weight excluding hydrogens is 277 g/mol. The molecule has 4 nitrogen and oxygen atoms in total. The number of halogens is 3. The third kappa shape index (κ3) is 6.03. The number of alkyl halides is 3. The Balaban J connectivity index is 2.58. The van der Waals surface area contributed by atoms with Gasteiger partial charge in [-0.1, -0.05) is 12.1 Å². The van der Waals surface area contributed by atoms with E-state index in [1.165, 1.54) is 13.2 Å². The summed E-state index contributed by atoms with van der Waals surface area (Å²) in [7, 11) is 1.51. The zero-order valence-electron chi connectivity index (χ0n) is 10.9. The van der Waals surface area contributed by atoms with Gasteiger partial charge in [0.2, 0.25) is 0 Å². The average Bonchev–Trinajstić information content (AvgIpc) is 2.38. The van der Waals surface area contributed by atoms with Gasteiger partial charge in [0.15, 0.2) is 5.78 Å². The summed E-state index contributed by atoms with van der Waals surface area (Å²) in [5.41, 5.74) is 0.186. The van der Waals surface area contributed by atoms with Crippen molar-refractivity contribution in [3.8, 4) is 5.75 Å². The summed E-state index contributed by atoms with van der Waals surface area (Å²) >= 11 is 0. The van der Waals surface area contributed by atoms with E-state index < -0.39 is 25.2 Å². The zero-order valence-corrected chi connectivity index (χ0v) is 10.9. The van der Waals surface area contributed by atoms with E-state index in [2.05, 4.69) is 4.74 Å². The van der Waals surface area contributed by atoms with E-state index in [1.807, 2.05) is 0 Å². The summed E-state index contributed by atoms with van der Waals surface area (Å²) in [6.07, 6.45) is -4.45. The smallest absolute Gasteiger partial charge is 0.411 e. The minimum atomic E-state index is -4.45. The van der Waals surface area contributed by atoms with Crippen LogP contribution < -0.4 is 4.74 Å². The fourth-order valence-corrected chi connectivity index (χ4v) is 1.40. The highest BCUT2D eigenvalue weighted by Gasteiger charge is 2.28. The van der Waals surface area contributed by atoms with Crippen LogP contribution >= 0.6 is 0 Å². The molecule has 0 fully saturated rings. The molecule has 0 bridgehead atoms. The molecule has 0 aromatic heterocycles. The van der Waals surface area contributed by atoms with Crippen LogP contribution in [0.1, 0.15) is 10.4 Å². The predicted octanol–water partition coefficient (Wildman–Crippen LogP) is 2.47. The molecule has 0 aliphatic heterocycles. The number of Topliss-reactive ketones (excluding diaryl/α,β-unsaturated/α-hetero) is 1. The highest BCUT2D eigenvalue weighted by atomic mass is 19.4. The molecular formula is C13H15F3O4. The molecule has 0 aliphatic rings. The summed E-state index contributed by atoms with van der Waals surface area (Å²) in [5.74, 6) is -0.271. The van der Waals surface area contributed by atoms with E-state index in [4.69, 9.17) is 9.47 Å². The summed E-state index contributed by atoms with van der Waals surface area (Å²) in [6, 6.07) is 6.30. The van der Waals surface area contributed by atoms with Gasteiger partial charge in [-0.3, -0.25) is 4.79 Å². The first-order valence-corrected chi connectivity index (χ1v) is 5.82. The zero-order chi connectivity index (χ0) is 15.0. The predicted molar refractivity (Wildman–Crippen MR) is 65.0 cm³/mol. The van der Waals surface area contributed by atoms with Crippen molar-refractivity contribution in [3.63, 3.8) is 0 Å². The molecule has 0 spiro atoms. The number of carbonyl (C=O) groups excluding carboxylic acids is 1. The maximum atomic E-state index is 11.9. The third-order valence-electron chi connectivity index (χ3n) is 2.23. The van der Waals surface area contributed by atoms with Crippen molar-refractivity contribution in [1.82, 2.24) is 0 Å². The Hall–Kier alpha value is -1.60. The first kappa shape index (κ1) is 16.5. The Morgan fingerprint density at radius 2 is 1.90 bits per heavy atom. The maximum absolute atomic E-state index is 11.9. The molecule has 0 heterocycles. The lowest BCUT2D eigenvalue weighted by atomic mass is 10.1. The average molecular weight is 292 g/mol. The van der Waals surface area contributed by atoms with E-state index in [9.17, 15) is 18.0 Å². The molecule has 7 heteroatoms. The van der Waals surface area contributed by atoms with E-state index in [1.54, 1.807) is 18.2 Å². The molecule has 0 N–H and O–H groups in total. The number of benzene rings is 1. The van der Waals surface area contributed by atoms with Gasteiger partial charge >= 0.3 is 6.18 Å². The van der Waals surface area contributed by atoms with Gasteiger partial charge in [-0.15, -0.1) is 0 Å². The minimum absolute atomic E-state index is 0.186. The van der Waals surface area contributed by atoms with Crippen molar-refractivity contribution in [2.75, 3.05) is 33.5 Å². The fourth-order valence-electron chi connectivity index (χ4n) is 1.40. The van der Waals surface area contributed by atoms with Crippen LogP contribution in [0, 0.1) is 0 Å². The summed E-state index contributed by atoms with van der Waals surface area (Å²) in [5, 5.41) is 0. The second-order valence-corrected chi connectivity index (χ2v) is 3.87.